The average Bonchev–Trinajstić information content (AvgIpc) is 3.49. The van der Waals surface area contributed by atoms with Gasteiger partial charge in [0.2, 0.25) is 0 Å². The highest BCUT2D eigenvalue weighted by molar-refractivity contribution is 6.08. The van der Waals surface area contributed by atoms with E-state index >= 15 is 0 Å². The first kappa shape index (κ1) is 28.0. The molecule has 19 heteroatoms. The second-order valence-corrected chi connectivity index (χ2v) is 8.50. The van der Waals surface area contributed by atoms with Gasteiger partial charge in [0.1, 0.15) is 11.4 Å². The zero-order chi connectivity index (χ0) is 28.7. The number of fused-ring (bicyclic) bond motifs is 4. The molecule has 3 saturated heterocycles. The summed E-state index contributed by atoms with van der Waals surface area (Å²) in [6, 6.07) is 2.36. The molecule has 0 aliphatic carbocycles. The Labute approximate surface area is 212 Å². The van der Waals surface area contributed by atoms with Crippen LogP contribution in [0.3, 0.4) is 0 Å². The van der Waals surface area contributed by atoms with Crippen molar-refractivity contribution in [2.75, 3.05) is 23.3 Å². The van der Waals surface area contributed by atoms with Crippen LogP contribution in [0.1, 0.15) is 35.4 Å². The topological polar surface area (TPSA) is 130 Å². The van der Waals surface area contributed by atoms with Gasteiger partial charge in [0.05, 0.1) is 18.1 Å². The molecular formula is C20H18F8N8O3. The summed E-state index contributed by atoms with van der Waals surface area (Å²) >= 11 is 0. The van der Waals surface area contributed by atoms with Crippen molar-refractivity contribution in [3.05, 3.63) is 35.9 Å². The number of nitrogens with one attached hydrogen (secondary N) is 2. The van der Waals surface area contributed by atoms with E-state index in [9.17, 15) is 39.9 Å². The van der Waals surface area contributed by atoms with Crippen molar-refractivity contribution < 1.29 is 49.8 Å². The number of piperazine rings is 1. The Morgan fingerprint density at radius 2 is 1.85 bits per heavy atom. The number of aliphatic carboxylic acids is 1. The van der Waals surface area contributed by atoms with E-state index in [0.29, 0.717) is 18.1 Å². The molecule has 3 fully saturated rings. The lowest BCUT2D eigenvalue weighted by Gasteiger charge is -2.46. The predicted molar refractivity (Wildman–Crippen MR) is 115 cm³/mol. The van der Waals surface area contributed by atoms with E-state index in [1.807, 2.05) is 5.32 Å². The van der Waals surface area contributed by atoms with Crippen molar-refractivity contribution in [3.8, 4) is 0 Å². The molecule has 3 aliphatic rings. The van der Waals surface area contributed by atoms with Crippen molar-refractivity contribution in [2.45, 2.75) is 43.8 Å². The molecule has 3 aliphatic heterocycles. The molecule has 0 radical (unpaired) electrons. The van der Waals surface area contributed by atoms with Gasteiger partial charge in [-0.15, -0.1) is 0 Å². The minimum atomic E-state index is -5.08. The molecule has 0 aromatic carbocycles. The summed E-state index contributed by atoms with van der Waals surface area (Å²) in [5.41, 5.74) is -2.44. The lowest BCUT2D eigenvalue weighted by atomic mass is 9.93. The molecule has 1 amide bonds. The second-order valence-electron chi connectivity index (χ2n) is 8.50. The number of alkyl halides is 8. The maximum Gasteiger partial charge on any atom is 0.490 e. The molecular weight excluding hydrogens is 552 g/mol. The maximum absolute atomic E-state index is 13.2. The number of carboxylic acid groups (broad SMARTS) is 1. The Kier molecular flexibility index (Phi) is 7.37. The molecule has 0 spiro atoms. The molecule has 11 nitrogen and oxygen atoms in total. The first-order valence-electron chi connectivity index (χ1n) is 11.1. The second kappa shape index (κ2) is 10.3. The number of carbonyl (C=O) groups is 2. The summed E-state index contributed by atoms with van der Waals surface area (Å²) in [6.45, 7) is -1.72. The fourth-order valence-electron chi connectivity index (χ4n) is 4.15. The zero-order valence-electron chi connectivity index (χ0n) is 19.3. The Bertz CT molecular complexity index is 1360. The Balaban J connectivity index is 0.000000448. The molecule has 6 heterocycles. The van der Waals surface area contributed by atoms with Crippen LogP contribution >= 0.6 is 0 Å². The third kappa shape index (κ3) is 6.02. The van der Waals surface area contributed by atoms with Gasteiger partial charge in [-0.05, 0) is 18.9 Å². The fourth-order valence-corrected chi connectivity index (χ4v) is 4.15. The van der Waals surface area contributed by atoms with E-state index in [0.717, 1.165) is 32.1 Å². The monoisotopic (exact) mass is 570 g/mol. The highest BCUT2D eigenvalue weighted by Gasteiger charge is 2.39. The smallest absolute Gasteiger partial charge is 0.475 e. The first-order valence-corrected chi connectivity index (χ1v) is 11.1. The summed E-state index contributed by atoms with van der Waals surface area (Å²) in [5.74, 6) is -3.09. The molecule has 3 aromatic heterocycles. The molecule has 6 rings (SSSR count). The van der Waals surface area contributed by atoms with E-state index < -0.39 is 42.2 Å². The van der Waals surface area contributed by atoms with Crippen LogP contribution < -0.4 is 15.5 Å². The van der Waals surface area contributed by atoms with E-state index in [2.05, 4.69) is 25.4 Å². The van der Waals surface area contributed by atoms with E-state index in [-0.39, 0.29) is 21.9 Å². The summed E-state index contributed by atoms with van der Waals surface area (Å²) in [7, 11) is 0. The van der Waals surface area contributed by atoms with E-state index in [1.54, 1.807) is 12.3 Å². The van der Waals surface area contributed by atoms with Crippen LogP contribution in [0, 0.1) is 0 Å². The lowest BCUT2D eigenvalue weighted by Crippen LogP contribution is -2.61. The van der Waals surface area contributed by atoms with Gasteiger partial charge in [0.15, 0.2) is 11.3 Å². The molecule has 212 valence electrons. The van der Waals surface area contributed by atoms with Gasteiger partial charge >= 0.3 is 24.9 Å². The number of carbonyl (C=O) groups excluding carboxylic acids is 1. The Hall–Kier alpha value is -4.03. The van der Waals surface area contributed by atoms with Gasteiger partial charge in [-0.1, -0.05) is 0 Å². The number of rotatable bonds is 4. The number of hydrogen-bond acceptors (Lipinski definition) is 7. The Morgan fingerprint density at radius 1 is 1.15 bits per heavy atom. The Morgan fingerprint density at radius 3 is 2.36 bits per heavy atom. The van der Waals surface area contributed by atoms with Crippen molar-refractivity contribution in [2.24, 2.45) is 0 Å². The van der Waals surface area contributed by atoms with Crippen LogP contribution in [0.5, 0.6) is 0 Å². The van der Waals surface area contributed by atoms with Crippen LogP contribution in [-0.2, 0) is 11.0 Å². The molecule has 3 N–H and O–H groups in total. The van der Waals surface area contributed by atoms with Crippen LogP contribution in [0.2, 0.25) is 0 Å². The number of halogens is 8. The van der Waals surface area contributed by atoms with Crippen LogP contribution in [0.25, 0.3) is 5.65 Å². The van der Waals surface area contributed by atoms with Gasteiger partial charge < -0.3 is 20.6 Å². The van der Waals surface area contributed by atoms with E-state index in [1.165, 1.54) is 4.52 Å². The van der Waals surface area contributed by atoms with Gasteiger partial charge in [-0.2, -0.15) is 45.3 Å². The lowest BCUT2D eigenvalue weighted by molar-refractivity contribution is -0.192. The van der Waals surface area contributed by atoms with Gasteiger partial charge in [0, 0.05) is 31.4 Å². The highest BCUT2D eigenvalue weighted by Crippen LogP contribution is 2.35. The maximum atomic E-state index is 13.2. The number of amides is 1. The molecule has 2 bridgehead atoms. The fraction of sp³-hybridized carbons (Fsp3) is 0.450. The first-order chi connectivity index (χ1) is 18.1. The molecule has 2 unspecified atom stereocenters. The molecule has 2 atom stereocenters. The number of nitrogens with zero attached hydrogens (tertiary/aromatic N) is 6. The van der Waals surface area contributed by atoms with Crippen LogP contribution in [0.4, 0.5) is 46.6 Å². The minimum Gasteiger partial charge on any atom is -0.475 e. The SMILES string of the molecule is O=C(Nc1cn(C(F)F)nc1C(F)(F)F)c1cnn2ccc(N3CC4CCC3CN4)nc12.O=C(O)C(F)(F)F. The standard InChI is InChI=1S/C18H17F5N8O.C2HF3O2/c19-17(20)31-8-12(14(28-31)18(21,22)23)26-16(32)11-6-25-30-4-3-13(27-15(11)30)29-7-9-1-2-10(29)5-24-9;3-2(4,5)1(6)7/h3-4,6,8-10,17,24H,1-2,5,7H2,(H,26,32);(H,6,7). The number of anilines is 2. The van der Waals surface area contributed by atoms with Gasteiger partial charge in [-0.25, -0.2) is 19.0 Å². The van der Waals surface area contributed by atoms with Crippen molar-refractivity contribution in [3.63, 3.8) is 0 Å². The van der Waals surface area contributed by atoms with E-state index in [4.69, 9.17) is 9.90 Å². The predicted octanol–water partition coefficient (Wildman–Crippen LogP) is 3.17. The van der Waals surface area contributed by atoms with Gasteiger partial charge in [-0.3, -0.25) is 4.79 Å². The number of carboxylic acids is 1. The molecule has 39 heavy (non-hydrogen) atoms. The van der Waals surface area contributed by atoms with Crippen LogP contribution in [0.15, 0.2) is 24.7 Å². The summed E-state index contributed by atoms with van der Waals surface area (Å²) < 4.78 is 98.2. The van der Waals surface area contributed by atoms with Crippen LogP contribution in [-0.4, -0.2) is 72.7 Å². The third-order valence-corrected chi connectivity index (χ3v) is 5.93. The third-order valence-electron chi connectivity index (χ3n) is 5.93. The summed E-state index contributed by atoms with van der Waals surface area (Å²) in [5, 5.41) is 19.4. The largest absolute Gasteiger partial charge is 0.490 e. The number of aromatic nitrogens is 5. The van der Waals surface area contributed by atoms with Crippen molar-refractivity contribution in [1.29, 1.82) is 0 Å². The summed E-state index contributed by atoms with van der Waals surface area (Å²) in [6.07, 6.45) is -4.83. The normalized spacial score (nSPS) is 19.3. The van der Waals surface area contributed by atoms with Gasteiger partial charge in [0.25, 0.3) is 5.91 Å². The highest BCUT2D eigenvalue weighted by atomic mass is 19.4. The number of piperidine rings is 2. The number of hydrogen-bond donors (Lipinski definition) is 3. The summed E-state index contributed by atoms with van der Waals surface area (Å²) in [4.78, 5) is 28.3. The quantitative estimate of drug-likeness (QED) is 0.408. The zero-order valence-corrected chi connectivity index (χ0v) is 19.3. The average molecular weight is 570 g/mol. The molecule has 0 saturated carbocycles. The van der Waals surface area contributed by atoms with Crippen molar-refractivity contribution >= 4 is 29.0 Å². The minimum absolute atomic E-state index is 0.0925. The van der Waals surface area contributed by atoms with Crippen molar-refractivity contribution in [1.82, 2.24) is 29.7 Å². The molecule has 3 aromatic rings.